The van der Waals surface area contributed by atoms with Crippen LogP contribution in [-0.4, -0.2) is 25.6 Å². The molecule has 3 aromatic rings. The minimum atomic E-state index is 0.242. The van der Waals surface area contributed by atoms with E-state index in [0.717, 1.165) is 24.4 Å². The van der Waals surface area contributed by atoms with Gasteiger partial charge in [0, 0.05) is 18.5 Å². The lowest BCUT2D eigenvalue weighted by atomic mass is 10.1. The van der Waals surface area contributed by atoms with E-state index >= 15 is 0 Å². The zero-order valence-corrected chi connectivity index (χ0v) is 11.7. The van der Waals surface area contributed by atoms with Crippen molar-refractivity contribution in [2.75, 3.05) is 5.32 Å². The van der Waals surface area contributed by atoms with Gasteiger partial charge in [-0.05, 0) is 25.5 Å². The van der Waals surface area contributed by atoms with E-state index in [1.165, 1.54) is 6.33 Å². The van der Waals surface area contributed by atoms with E-state index in [1.807, 2.05) is 12.1 Å². The predicted molar refractivity (Wildman–Crippen MR) is 75.9 cm³/mol. The summed E-state index contributed by atoms with van der Waals surface area (Å²) in [5.41, 5.74) is 0. The molecule has 0 bridgehead atoms. The fourth-order valence-electron chi connectivity index (χ4n) is 2.02. The molecule has 0 saturated carbocycles. The fourth-order valence-corrected chi connectivity index (χ4v) is 2.20. The average Bonchev–Trinajstić information content (AvgIpc) is 3.06. The van der Waals surface area contributed by atoms with Crippen molar-refractivity contribution in [3.8, 4) is 0 Å². The van der Waals surface area contributed by atoms with Crippen LogP contribution >= 0.6 is 11.6 Å². The van der Waals surface area contributed by atoms with Gasteiger partial charge >= 0.3 is 0 Å². The number of halogens is 1. The van der Waals surface area contributed by atoms with Gasteiger partial charge in [-0.1, -0.05) is 11.6 Å². The normalized spacial score (nSPS) is 12.7. The Bertz CT molecular complexity index is 694. The summed E-state index contributed by atoms with van der Waals surface area (Å²) in [4.78, 5) is 8.13. The number of anilines is 1. The van der Waals surface area contributed by atoms with E-state index in [4.69, 9.17) is 16.0 Å². The highest BCUT2D eigenvalue weighted by Crippen LogP contribution is 2.16. The minimum Gasteiger partial charge on any atom is -0.469 e. The predicted octanol–water partition coefficient (Wildman–Crippen LogP) is 2.80. The van der Waals surface area contributed by atoms with Crippen LogP contribution in [0.2, 0.25) is 5.15 Å². The molecule has 0 amide bonds. The molecule has 1 atom stereocenters. The van der Waals surface area contributed by atoms with Gasteiger partial charge in [0.15, 0.2) is 0 Å². The van der Waals surface area contributed by atoms with Gasteiger partial charge in [0.1, 0.15) is 23.1 Å². The first-order valence-corrected chi connectivity index (χ1v) is 6.75. The van der Waals surface area contributed by atoms with Crippen molar-refractivity contribution < 1.29 is 4.42 Å². The number of aryl methyl sites for hydroxylation is 1. The van der Waals surface area contributed by atoms with E-state index in [9.17, 15) is 0 Å². The smallest absolute Gasteiger partial charge is 0.255 e. The zero-order valence-electron chi connectivity index (χ0n) is 11.0. The number of nitrogens with zero attached hydrogens (tertiary/aromatic N) is 4. The molecule has 0 radical (unpaired) electrons. The lowest BCUT2D eigenvalue weighted by molar-refractivity contribution is 0.494. The van der Waals surface area contributed by atoms with Crippen molar-refractivity contribution in [1.82, 2.24) is 19.6 Å². The van der Waals surface area contributed by atoms with Crippen LogP contribution < -0.4 is 5.32 Å². The van der Waals surface area contributed by atoms with Gasteiger partial charge in [0.2, 0.25) is 0 Å². The standard InChI is InChI=1S/C13H14ClN5O/c1-9(4-5-10-3-2-6-20-10)17-12-7-11(14)18-13-15-8-16-19(12)13/h2-3,6-9,17H,4-5H2,1H3. The summed E-state index contributed by atoms with van der Waals surface area (Å²) >= 11 is 5.98. The zero-order chi connectivity index (χ0) is 13.9. The molecule has 0 aliphatic carbocycles. The van der Waals surface area contributed by atoms with E-state index in [0.29, 0.717) is 10.9 Å². The van der Waals surface area contributed by atoms with Gasteiger partial charge in [-0.15, -0.1) is 0 Å². The Morgan fingerprint density at radius 1 is 1.50 bits per heavy atom. The second kappa shape index (κ2) is 5.50. The van der Waals surface area contributed by atoms with E-state index < -0.39 is 0 Å². The summed E-state index contributed by atoms with van der Waals surface area (Å²) in [7, 11) is 0. The quantitative estimate of drug-likeness (QED) is 0.732. The molecule has 1 N–H and O–H groups in total. The Hall–Kier alpha value is -2.08. The molecule has 0 saturated heterocycles. The van der Waals surface area contributed by atoms with E-state index in [2.05, 4.69) is 27.3 Å². The monoisotopic (exact) mass is 291 g/mol. The number of furan rings is 1. The van der Waals surface area contributed by atoms with Gasteiger partial charge in [-0.3, -0.25) is 0 Å². The summed E-state index contributed by atoms with van der Waals surface area (Å²) in [6.07, 6.45) is 4.95. The lowest BCUT2D eigenvalue weighted by Gasteiger charge is -2.15. The van der Waals surface area contributed by atoms with Gasteiger partial charge in [0.05, 0.1) is 6.26 Å². The maximum Gasteiger partial charge on any atom is 0.255 e. The fraction of sp³-hybridized carbons (Fsp3) is 0.308. The van der Waals surface area contributed by atoms with Crippen molar-refractivity contribution >= 4 is 23.2 Å². The van der Waals surface area contributed by atoms with Gasteiger partial charge in [-0.2, -0.15) is 19.6 Å². The van der Waals surface area contributed by atoms with Crippen molar-refractivity contribution in [3.63, 3.8) is 0 Å². The molecule has 0 aromatic carbocycles. The van der Waals surface area contributed by atoms with Gasteiger partial charge in [-0.25, -0.2) is 0 Å². The molecule has 0 aliphatic rings. The van der Waals surface area contributed by atoms with Crippen LogP contribution in [0.5, 0.6) is 0 Å². The summed E-state index contributed by atoms with van der Waals surface area (Å²) in [5, 5.41) is 7.89. The molecule has 3 rings (SSSR count). The van der Waals surface area contributed by atoms with Crippen LogP contribution in [0.15, 0.2) is 35.2 Å². The summed E-state index contributed by atoms with van der Waals surface area (Å²) in [6, 6.07) is 5.86. The van der Waals surface area contributed by atoms with Crippen molar-refractivity contribution in [1.29, 1.82) is 0 Å². The van der Waals surface area contributed by atoms with E-state index in [-0.39, 0.29) is 6.04 Å². The highest BCUT2D eigenvalue weighted by Gasteiger charge is 2.10. The van der Waals surface area contributed by atoms with Crippen molar-refractivity contribution in [2.24, 2.45) is 0 Å². The third-order valence-electron chi connectivity index (χ3n) is 3.02. The molecule has 3 aromatic heterocycles. The van der Waals surface area contributed by atoms with Crippen LogP contribution in [0.3, 0.4) is 0 Å². The molecule has 0 spiro atoms. The number of fused-ring (bicyclic) bond motifs is 1. The SMILES string of the molecule is CC(CCc1ccco1)Nc1cc(Cl)nc2ncnn12. The Morgan fingerprint density at radius 3 is 3.20 bits per heavy atom. The molecule has 0 aliphatic heterocycles. The molecular weight excluding hydrogens is 278 g/mol. The molecule has 1 unspecified atom stereocenters. The Balaban J connectivity index is 1.70. The Kier molecular flexibility index (Phi) is 3.56. The number of aromatic nitrogens is 4. The summed E-state index contributed by atoms with van der Waals surface area (Å²) in [5.74, 6) is 2.25. The summed E-state index contributed by atoms with van der Waals surface area (Å²) in [6.45, 7) is 2.10. The highest BCUT2D eigenvalue weighted by molar-refractivity contribution is 6.29. The van der Waals surface area contributed by atoms with Crippen LogP contribution in [-0.2, 0) is 6.42 Å². The molecule has 7 heteroatoms. The summed E-state index contributed by atoms with van der Waals surface area (Å²) < 4.78 is 6.96. The number of nitrogens with one attached hydrogen (secondary N) is 1. The van der Waals surface area contributed by atoms with E-state index in [1.54, 1.807) is 16.8 Å². The Morgan fingerprint density at radius 2 is 2.40 bits per heavy atom. The average molecular weight is 292 g/mol. The first-order chi connectivity index (χ1) is 9.72. The number of rotatable bonds is 5. The van der Waals surface area contributed by atoms with Gasteiger partial charge in [0.25, 0.3) is 5.78 Å². The molecule has 0 fully saturated rings. The third kappa shape index (κ3) is 2.75. The van der Waals surface area contributed by atoms with Crippen molar-refractivity contribution in [3.05, 3.63) is 41.7 Å². The highest BCUT2D eigenvalue weighted by atomic mass is 35.5. The molecular formula is C13H14ClN5O. The van der Waals surface area contributed by atoms with Crippen LogP contribution in [0, 0.1) is 0 Å². The maximum absolute atomic E-state index is 5.98. The third-order valence-corrected chi connectivity index (χ3v) is 3.21. The van der Waals surface area contributed by atoms with Crippen LogP contribution in [0.1, 0.15) is 19.1 Å². The second-order valence-corrected chi connectivity index (χ2v) is 4.99. The molecule has 104 valence electrons. The molecule has 20 heavy (non-hydrogen) atoms. The lowest BCUT2D eigenvalue weighted by Crippen LogP contribution is -2.18. The number of hydrogen-bond acceptors (Lipinski definition) is 5. The molecule has 6 nitrogen and oxygen atoms in total. The second-order valence-electron chi connectivity index (χ2n) is 4.60. The van der Waals surface area contributed by atoms with Crippen LogP contribution in [0.25, 0.3) is 5.78 Å². The first kappa shape index (κ1) is 12.9. The Labute approximate surface area is 120 Å². The maximum atomic E-state index is 5.98. The topological polar surface area (TPSA) is 68.2 Å². The molecule has 3 heterocycles. The van der Waals surface area contributed by atoms with Crippen LogP contribution in [0.4, 0.5) is 5.82 Å². The first-order valence-electron chi connectivity index (χ1n) is 6.37. The largest absolute Gasteiger partial charge is 0.469 e. The number of hydrogen-bond donors (Lipinski definition) is 1. The minimum absolute atomic E-state index is 0.242. The van der Waals surface area contributed by atoms with Gasteiger partial charge < -0.3 is 9.73 Å². The van der Waals surface area contributed by atoms with Crippen molar-refractivity contribution in [2.45, 2.75) is 25.8 Å².